The van der Waals surface area contributed by atoms with Gasteiger partial charge in [-0.25, -0.2) is 4.98 Å². The van der Waals surface area contributed by atoms with E-state index in [1.807, 2.05) is 24.3 Å². The van der Waals surface area contributed by atoms with Gasteiger partial charge in [-0.1, -0.05) is 40.7 Å². The SMILES string of the molecule is CO[C@H](c1ccc(-c2cnc(N)s2)cc1)C(CF)N=[N+]=[N-]. The zero-order chi connectivity index (χ0) is 15.2. The van der Waals surface area contributed by atoms with Crippen molar-refractivity contribution < 1.29 is 9.13 Å². The first-order chi connectivity index (χ1) is 10.2. The van der Waals surface area contributed by atoms with Crippen LogP contribution in [-0.4, -0.2) is 24.8 Å². The van der Waals surface area contributed by atoms with E-state index in [0.717, 1.165) is 16.0 Å². The number of anilines is 1. The molecule has 1 unspecified atom stereocenters. The lowest BCUT2D eigenvalue weighted by Crippen LogP contribution is -2.20. The number of azide groups is 1. The highest BCUT2D eigenvalue weighted by Gasteiger charge is 2.22. The Morgan fingerprint density at radius 3 is 2.67 bits per heavy atom. The summed E-state index contributed by atoms with van der Waals surface area (Å²) in [6.07, 6.45) is 1.08. The average molecular weight is 307 g/mol. The van der Waals surface area contributed by atoms with Gasteiger partial charge in [-0.2, -0.15) is 0 Å². The first kappa shape index (κ1) is 15.2. The molecule has 2 rings (SSSR count). The molecule has 0 saturated heterocycles. The molecule has 1 heterocycles. The summed E-state index contributed by atoms with van der Waals surface area (Å²) < 4.78 is 18.2. The van der Waals surface area contributed by atoms with Crippen LogP contribution in [0.15, 0.2) is 35.6 Å². The number of rotatable bonds is 6. The fourth-order valence-electron chi connectivity index (χ4n) is 2.01. The van der Waals surface area contributed by atoms with Crippen LogP contribution in [0.4, 0.5) is 9.52 Å². The largest absolute Gasteiger partial charge is 0.376 e. The van der Waals surface area contributed by atoms with Crippen LogP contribution >= 0.6 is 11.3 Å². The van der Waals surface area contributed by atoms with E-state index in [4.69, 9.17) is 16.0 Å². The number of nitrogens with two attached hydrogens (primary N) is 1. The Hall–Kier alpha value is -2.15. The van der Waals surface area contributed by atoms with Crippen molar-refractivity contribution in [3.8, 4) is 10.4 Å². The van der Waals surface area contributed by atoms with E-state index >= 15 is 0 Å². The molecule has 6 nitrogen and oxygen atoms in total. The number of ether oxygens (including phenoxy) is 1. The summed E-state index contributed by atoms with van der Waals surface area (Å²) in [4.78, 5) is 7.60. The second kappa shape index (κ2) is 7.03. The minimum Gasteiger partial charge on any atom is -0.376 e. The van der Waals surface area contributed by atoms with Crippen LogP contribution in [0.2, 0.25) is 0 Å². The van der Waals surface area contributed by atoms with Gasteiger partial charge in [0, 0.05) is 18.2 Å². The maximum absolute atomic E-state index is 12.9. The molecule has 0 radical (unpaired) electrons. The third-order valence-corrected chi connectivity index (χ3v) is 3.88. The van der Waals surface area contributed by atoms with Gasteiger partial charge in [0.25, 0.3) is 0 Å². The monoisotopic (exact) mass is 307 g/mol. The second-order valence-corrected chi connectivity index (χ2v) is 5.33. The molecule has 110 valence electrons. The Bertz CT molecular complexity index is 638. The Morgan fingerprint density at radius 2 is 2.19 bits per heavy atom. The molecule has 8 heteroatoms. The minimum absolute atomic E-state index is 0.504. The summed E-state index contributed by atoms with van der Waals surface area (Å²) in [5, 5.41) is 3.93. The van der Waals surface area contributed by atoms with Gasteiger partial charge >= 0.3 is 0 Å². The molecule has 2 aromatic rings. The number of hydrogen-bond donors (Lipinski definition) is 1. The summed E-state index contributed by atoms with van der Waals surface area (Å²) in [5.41, 5.74) is 15.8. The molecule has 1 aromatic carbocycles. The minimum atomic E-state index is -0.884. The highest BCUT2D eigenvalue weighted by Crippen LogP contribution is 2.30. The van der Waals surface area contributed by atoms with Crippen molar-refractivity contribution >= 4 is 16.5 Å². The van der Waals surface area contributed by atoms with E-state index in [-0.39, 0.29) is 0 Å². The van der Waals surface area contributed by atoms with E-state index in [1.54, 1.807) is 6.20 Å². The topological polar surface area (TPSA) is 96.9 Å². The van der Waals surface area contributed by atoms with Gasteiger partial charge in [-0.15, -0.1) is 0 Å². The van der Waals surface area contributed by atoms with Crippen LogP contribution in [0, 0.1) is 0 Å². The number of aromatic nitrogens is 1. The molecular formula is C13H14FN5OS. The number of thiazole rings is 1. The van der Waals surface area contributed by atoms with Gasteiger partial charge in [0.15, 0.2) is 5.13 Å². The number of hydrogen-bond acceptors (Lipinski definition) is 5. The van der Waals surface area contributed by atoms with Crippen molar-refractivity contribution in [3.05, 3.63) is 46.5 Å². The van der Waals surface area contributed by atoms with Crippen molar-refractivity contribution in [1.82, 2.24) is 4.98 Å². The van der Waals surface area contributed by atoms with Crippen molar-refractivity contribution in [1.29, 1.82) is 0 Å². The smallest absolute Gasteiger partial charge is 0.180 e. The fraction of sp³-hybridized carbons (Fsp3) is 0.308. The van der Waals surface area contributed by atoms with E-state index in [0.29, 0.717) is 5.13 Å². The molecule has 2 atom stereocenters. The maximum Gasteiger partial charge on any atom is 0.180 e. The number of nitrogens with zero attached hydrogens (tertiary/aromatic N) is 4. The summed E-state index contributed by atoms with van der Waals surface area (Å²) in [5.74, 6) is 0. The van der Waals surface area contributed by atoms with Gasteiger partial charge < -0.3 is 10.5 Å². The van der Waals surface area contributed by atoms with E-state index < -0.39 is 18.8 Å². The van der Waals surface area contributed by atoms with Gasteiger partial charge in [0.05, 0.1) is 17.0 Å². The van der Waals surface area contributed by atoms with Crippen LogP contribution < -0.4 is 5.73 Å². The van der Waals surface area contributed by atoms with Crippen molar-refractivity contribution in [2.45, 2.75) is 12.1 Å². The molecule has 1 aromatic heterocycles. The normalized spacial score (nSPS) is 13.4. The molecule has 2 N–H and O–H groups in total. The van der Waals surface area contributed by atoms with Gasteiger partial charge in [0.2, 0.25) is 0 Å². The predicted molar refractivity (Wildman–Crippen MR) is 80.6 cm³/mol. The third-order valence-electron chi connectivity index (χ3n) is 3.01. The zero-order valence-electron chi connectivity index (χ0n) is 11.3. The maximum atomic E-state index is 12.9. The first-order valence-corrected chi connectivity index (χ1v) is 6.95. The lowest BCUT2D eigenvalue weighted by Gasteiger charge is -2.20. The standard InChI is InChI=1S/C13H14FN5OS/c1-20-12(10(6-14)18-19-16)9-4-2-8(3-5-9)11-7-17-13(15)21-11/h2-5,7,10,12H,6H2,1H3,(H2,15,17)/t10?,12-/m1/s1. The molecule has 0 aliphatic carbocycles. The van der Waals surface area contributed by atoms with Crippen LogP contribution in [-0.2, 0) is 4.74 Å². The van der Waals surface area contributed by atoms with Crippen molar-refractivity contribution in [3.63, 3.8) is 0 Å². The average Bonchev–Trinajstić information content (AvgIpc) is 2.94. The molecule has 0 amide bonds. The van der Waals surface area contributed by atoms with E-state index in [9.17, 15) is 4.39 Å². The van der Waals surface area contributed by atoms with Gasteiger partial charge in [-0.05, 0) is 16.7 Å². The number of alkyl halides is 1. The molecular weight excluding hydrogens is 293 g/mol. The number of benzene rings is 1. The number of nitrogen functional groups attached to an aromatic ring is 1. The molecule has 0 fully saturated rings. The Labute approximate surface area is 125 Å². The van der Waals surface area contributed by atoms with E-state index in [1.165, 1.54) is 18.4 Å². The van der Waals surface area contributed by atoms with Crippen LogP contribution in [0.25, 0.3) is 20.9 Å². The highest BCUT2D eigenvalue weighted by molar-refractivity contribution is 7.18. The van der Waals surface area contributed by atoms with Crippen LogP contribution in [0.5, 0.6) is 0 Å². The quantitative estimate of drug-likeness (QED) is 0.500. The molecule has 21 heavy (non-hydrogen) atoms. The highest BCUT2D eigenvalue weighted by atomic mass is 32.1. The third kappa shape index (κ3) is 3.49. The van der Waals surface area contributed by atoms with Crippen molar-refractivity contribution in [2.75, 3.05) is 19.5 Å². The van der Waals surface area contributed by atoms with Crippen molar-refractivity contribution in [2.24, 2.45) is 5.11 Å². The second-order valence-electron chi connectivity index (χ2n) is 4.27. The summed E-state index contributed by atoms with van der Waals surface area (Å²) >= 11 is 1.39. The van der Waals surface area contributed by atoms with Crippen LogP contribution in [0.1, 0.15) is 11.7 Å². The molecule has 0 spiro atoms. The summed E-state index contributed by atoms with van der Waals surface area (Å²) in [6.45, 7) is -0.782. The number of methoxy groups -OCH3 is 1. The molecule has 0 bridgehead atoms. The fourth-order valence-corrected chi connectivity index (χ4v) is 2.70. The zero-order valence-corrected chi connectivity index (χ0v) is 12.1. The summed E-state index contributed by atoms with van der Waals surface area (Å²) in [6, 6.07) is 6.49. The summed E-state index contributed by atoms with van der Waals surface area (Å²) in [7, 11) is 1.46. The lowest BCUT2D eigenvalue weighted by molar-refractivity contribution is 0.0722. The lowest BCUT2D eigenvalue weighted by atomic mass is 10.0. The number of halogens is 1. The molecule has 0 saturated carbocycles. The molecule has 0 aliphatic rings. The molecule has 0 aliphatic heterocycles. The Morgan fingerprint density at radius 1 is 1.48 bits per heavy atom. The van der Waals surface area contributed by atoms with Crippen LogP contribution in [0.3, 0.4) is 0 Å². The van der Waals surface area contributed by atoms with Gasteiger partial charge in [-0.3, -0.25) is 4.39 Å². The Kier molecular flexibility index (Phi) is 5.10. The first-order valence-electron chi connectivity index (χ1n) is 6.14. The van der Waals surface area contributed by atoms with E-state index in [2.05, 4.69) is 15.0 Å². The van der Waals surface area contributed by atoms with Gasteiger partial charge in [0.1, 0.15) is 6.67 Å². The Balaban J connectivity index is 2.26. The predicted octanol–water partition coefficient (Wildman–Crippen LogP) is 3.73.